The molecule has 1 unspecified atom stereocenters. The Morgan fingerprint density at radius 1 is 1.16 bits per heavy atom. The van der Waals surface area contributed by atoms with E-state index >= 15 is 0 Å². The Morgan fingerprint density at radius 3 is 2.91 bits per heavy atom. The van der Waals surface area contributed by atoms with Gasteiger partial charge in [-0.15, -0.1) is 11.3 Å². The molecule has 3 aliphatic rings. The van der Waals surface area contributed by atoms with Crippen molar-refractivity contribution in [3.8, 4) is 11.5 Å². The molecule has 4 aromatic rings. The third-order valence-corrected chi connectivity index (χ3v) is 9.95. The maximum atomic E-state index is 13.1. The summed E-state index contributed by atoms with van der Waals surface area (Å²) in [5.41, 5.74) is 4.46. The first-order valence-electron chi connectivity index (χ1n) is 14.9. The molecule has 2 fully saturated rings. The first kappa shape index (κ1) is 27.9. The number of ether oxygens (including phenoxy) is 2. The Kier molecular flexibility index (Phi) is 7.58. The second kappa shape index (κ2) is 11.7. The topological polar surface area (TPSA) is 92.7 Å². The molecule has 1 spiro atoms. The number of benzene rings is 1. The molecule has 7 rings (SSSR count). The summed E-state index contributed by atoms with van der Waals surface area (Å²) in [6, 6.07) is 9.87. The molecular formula is C33H36N6O3S. The van der Waals surface area contributed by atoms with Crippen LogP contribution in [0.15, 0.2) is 55.0 Å². The maximum absolute atomic E-state index is 13.1. The van der Waals surface area contributed by atoms with Gasteiger partial charge in [0.05, 0.1) is 24.7 Å². The number of aryl methyl sites for hydroxylation is 2. The molecule has 1 atom stereocenters. The van der Waals surface area contributed by atoms with Crippen LogP contribution in [0.25, 0.3) is 10.2 Å². The summed E-state index contributed by atoms with van der Waals surface area (Å²) in [4.78, 5) is 33.1. The van der Waals surface area contributed by atoms with Crippen molar-refractivity contribution in [3.05, 3.63) is 76.7 Å². The highest BCUT2D eigenvalue weighted by Crippen LogP contribution is 2.39. The van der Waals surface area contributed by atoms with E-state index in [9.17, 15) is 4.79 Å². The van der Waals surface area contributed by atoms with E-state index in [1.807, 2.05) is 49.1 Å². The molecular weight excluding hydrogens is 560 g/mol. The SMILES string of the molecule is Cc1ccc(Oc2ccc(Nc3ncnc4sc5c(c34)CCN(C(=O)/C=C/CN3CCC4(CCOC4)C3)C5)cc2C)cn1. The van der Waals surface area contributed by atoms with Crippen molar-refractivity contribution in [3.63, 3.8) is 0 Å². The molecule has 10 heteroatoms. The number of hydrogen-bond acceptors (Lipinski definition) is 9. The lowest BCUT2D eigenvalue weighted by molar-refractivity contribution is -0.126. The number of aromatic nitrogens is 3. The number of carbonyl (C=O) groups excluding carboxylic acids is 1. The highest BCUT2D eigenvalue weighted by molar-refractivity contribution is 7.19. The van der Waals surface area contributed by atoms with E-state index in [1.165, 1.54) is 16.9 Å². The van der Waals surface area contributed by atoms with Gasteiger partial charge < -0.3 is 19.7 Å². The van der Waals surface area contributed by atoms with Gasteiger partial charge in [-0.05, 0) is 81.1 Å². The van der Waals surface area contributed by atoms with Gasteiger partial charge in [0.1, 0.15) is 28.5 Å². The van der Waals surface area contributed by atoms with E-state index in [-0.39, 0.29) is 5.91 Å². The summed E-state index contributed by atoms with van der Waals surface area (Å²) in [6.07, 6.45) is 10.3. The van der Waals surface area contributed by atoms with Crippen molar-refractivity contribution in [1.29, 1.82) is 0 Å². The van der Waals surface area contributed by atoms with E-state index in [1.54, 1.807) is 29.9 Å². The lowest BCUT2D eigenvalue weighted by Gasteiger charge is -2.26. The van der Waals surface area contributed by atoms with Crippen molar-refractivity contribution in [2.24, 2.45) is 5.41 Å². The summed E-state index contributed by atoms with van der Waals surface area (Å²) >= 11 is 1.65. The summed E-state index contributed by atoms with van der Waals surface area (Å²) in [6.45, 7) is 9.99. The largest absolute Gasteiger partial charge is 0.455 e. The Morgan fingerprint density at radius 2 is 2.09 bits per heavy atom. The fourth-order valence-corrected chi connectivity index (χ4v) is 7.60. The number of carbonyl (C=O) groups is 1. The standard InChI is InChI=1S/C33H36N6O3S/c1-22-16-24(6-8-27(22)42-25-7-5-23(2)34-17-25)37-31-30-26-9-13-39(18-28(26)43-32(30)36-21-35-31)29(40)4-3-12-38-14-10-33(19-38)11-15-41-20-33/h3-8,16-17,21H,9-15,18-20H2,1-2H3,(H,35,36,37)/b4-3+. The molecule has 222 valence electrons. The number of likely N-dealkylation sites (tertiary alicyclic amines) is 1. The lowest BCUT2D eigenvalue weighted by atomic mass is 9.87. The van der Waals surface area contributed by atoms with Gasteiger partial charge in [0.25, 0.3) is 0 Å². The molecule has 0 aliphatic carbocycles. The second-order valence-electron chi connectivity index (χ2n) is 11.9. The summed E-state index contributed by atoms with van der Waals surface area (Å²) in [5, 5.41) is 4.56. The molecule has 0 bridgehead atoms. The van der Waals surface area contributed by atoms with E-state index < -0.39 is 0 Å². The highest BCUT2D eigenvalue weighted by atomic mass is 32.1. The molecule has 3 aliphatic heterocycles. The number of fused-ring (bicyclic) bond motifs is 3. The molecule has 1 amide bonds. The van der Waals surface area contributed by atoms with Crippen molar-refractivity contribution in [2.45, 2.75) is 39.7 Å². The minimum atomic E-state index is 0.0739. The smallest absolute Gasteiger partial charge is 0.246 e. The van der Waals surface area contributed by atoms with Gasteiger partial charge >= 0.3 is 0 Å². The number of pyridine rings is 1. The molecule has 9 nitrogen and oxygen atoms in total. The van der Waals surface area contributed by atoms with E-state index in [0.29, 0.717) is 24.3 Å². The lowest BCUT2D eigenvalue weighted by Crippen LogP contribution is -2.34. The van der Waals surface area contributed by atoms with Gasteiger partial charge in [0, 0.05) is 54.0 Å². The molecule has 0 saturated carbocycles. The van der Waals surface area contributed by atoms with Gasteiger partial charge in [0.15, 0.2) is 0 Å². The first-order chi connectivity index (χ1) is 20.9. The van der Waals surface area contributed by atoms with Crippen LogP contribution in [0.5, 0.6) is 11.5 Å². The fourth-order valence-electron chi connectivity index (χ4n) is 6.39. The normalized spacial score (nSPS) is 20.4. The van der Waals surface area contributed by atoms with Crippen LogP contribution in [0.1, 0.15) is 34.5 Å². The van der Waals surface area contributed by atoms with E-state index in [4.69, 9.17) is 9.47 Å². The number of hydrogen-bond donors (Lipinski definition) is 1. The number of nitrogens with zero attached hydrogens (tertiary/aromatic N) is 5. The number of thiophene rings is 1. The molecule has 1 aromatic carbocycles. The predicted octanol–water partition coefficient (Wildman–Crippen LogP) is 5.79. The van der Waals surface area contributed by atoms with Gasteiger partial charge in [-0.3, -0.25) is 14.7 Å². The van der Waals surface area contributed by atoms with Crippen LogP contribution >= 0.6 is 11.3 Å². The zero-order valence-corrected chi connectivity index (χ0v) is 25.5. The second-order valence-corrected chi connectivity index (χ2v) is 13.0. The van der Waals surface area contributed by atoms with Crippen LogP contribution in [-0.2, 0) is 22.5 Å². The predicted molar refractivity (Wildman–Crippen MR) is 168 cm³/mol. The first-order valence-corrected chi connectivity index (χ1v) is 15.8. The highest BCUT2D eigenvalue weighted by Gasteiger charge is 2.40. The Labute approximate surface area is 255 Å². The molecule has 3 aromatic heterocycles. The van der Waals surface area contributed by atoms with Crippen molar-refractivity contribution in [2.75, 3.05) is 44.7 Å². The van der Waals surface area contributed by atoms with Crippen LogP contribution in [0.2, 0.25) is 0 Å². The van der Waals surface area contributed by atoms with Crippen molar-refractivity contribution >= 4 is 39.0 Å². The average Bonchev–Trinajstić information content (AvgIpc) is 3.74. The van der Waals surface area contributed by atoms with Gasteiger partial charge in [-0.25, -0.2) is 9.97 Å². The van der Waals surface area contributed by atoms with Crippen LogP contribution in [0.4, 0.5) is 11.5 Å². The van der Waals surface area contributed by atoms with Crippen LogP contribution in [0, 0.1) is 19.3 Å². The number of nitrogens with one attached hydrogen (secondary N) is 1. The molecule has 6 heterocycles. The molecule has 43 heavy (non-hydrogen) atoms. The number of amides is 1. The maximum Gasteiger partial charge on any atom is 0.246 e. The van der Waals surface area contributed by atoms with Crippen molar-refractivity contribution in [1.82, 2.24) is 24.8 Å². The Balaban J connectivity index is 1.01. The fraction of sp³-hybridized carbons (Fsp3) is 0.394. The van der Waals surface area contributed by atoms with Gasteiger partial charge in [-0.1, -0.05) is 6.08 Å². The summed E-state index contributed by atoms with van der Waals surface area (Å²) in [7, 11) is 0. The monoisotopic (exact) mass is 596 g/mol. The molecule has 2 saturated heterocycles. The quantitative estimate of drug-likeness (QED) is 0.268. The third-order valence-electron chi connectivity index (χ3n) is 8.82. The van der Waals surface area contributed by atoms with Gasteiger partial charge in [-0.2, -0.15) is 0 Å². The summed E-state index contributed by atoms with van der Waals surface area (Å²) < 4.78 is 11.7. The van der Waals surface area contributed by atoms with E-state index in [2.05, 4.69) is 31.2 Å². The Hall–Kier alpha value is -3.86. The van der Waals surface area contributed by atoms with Gasteiger partial charge in [0.2, 0.25) is 5.91 Å². The van der Waals surface area contributed by atoms with Crippen LogP contribution < -0.4 is 10.1 Å². The minimum Gasteiger partial charge on any atom is -0.455 e. The van der Waals surface area contributed by atoms with Crippen LogP contribution in [-0.4, -0.2) is 70.1 Å². The zero-order valence-electron chi connectivity index (χ0n) is 24.6. The van der Waals surface area contributed by atoms with Crippen LogP contribution in [0.3, 0.4) is 0 Å². The molecule has 0 radical (unpaired) electrons. The number of anilines is 2. The molecule has 1 N–H and O–H groups in total. The minimum absolute atomic E-state index is 0.0739. The number of rotatable bonds is 7. The van der Waals surface area contributed by atoms with Crippen molar-refractivity contribution < 1.29 is 14.3 Å². The third kappa shape index (κ3) is 5.87. The summed E-state index contributed by atoms with van der Waals surface area (Å²) in [5.74, 6) is 2.35. The zero-order chi connectivity index (χ0) is 29.4. The van der Waals surface area contributed by atoms with E-state index in [0.717, 1.165) is 84.4 Å². The Bertz CT molecular complexity index is 1680. The average molecular weight is 597 g/mol.